The third-order valence-electron chi connectivity index (χ3n) is 3.98. The number of aromatic hydroxyl groups is 1. The lowest BCUT2D eigenvalue weighted by Crippen LogP contribution is -2.18. The number of hydrogen-bond donors (Lipinski definition) is 2. The van der Waals surface area contributed by atoms with E-state index in [4.69, 9.17) is 12.2 Å². The third-order valence-corrected chi connectivity index (χ3v) is 5.50. The van der Waals surface area contributed by atoms with Crippen LogP contribution in [0.15, 0.2) is 9.79 Å². The number of nitrogens with one attached hydrogen (secondary N) is 1. The van der Waals surface area contributed by atoms with Crippen LogP contribution in [-0.2, 0) is 19.4 Å². The highest BCUT2D eigenvalue weighted by atomic mass is 32.1. The number of H-pyrrole nitrogens is 1. The maximum absolute atomic E-state index is 12.1. The first-order chi connectivity index (χ1) is 11.6. The van der Waals surface area contributed by atoms with Gasteiger partial charge in [0.05, 0.1) is 5.56 Å². The summed E-state index contributed by atoms with van der Waals surface area (Å²) >= 11 is 6.56. The van der Waals surface area contributed by atoms with Crippen LogP contribution in [0.3, 0.4) is 0 Å². The van der Waals surface area contributed by atoms with Gasteiger partial charge in [-0.3, -0.25) is 14.3 Å². The lowest BCUT2D eigenvalue weighted by molar-refractivity contribution is 0.402. The van der Waals surface area contributed by atoms with Crippen LogP contribution in [-0.4, -0.2) is 20.9 Å². The van der Waals surface area contributed by atoms with Crippen LogP contribution in [0.1, 0.15) is 41.3 Å². The second-order valence-corrected chi connectivity index (χ2v) is 7.03. The Morgan fingerprint density at radius 3 is 3.04 bits per heavy atom. The van der Waals surface area contributed by atoms with Gasteiger partial charge in [0.2, 0.25) is 5.88 Å². The standard InChI is InChI=1S/C16H16N4O2S2/c1-2-6-20-15(22)11(13(21)19-16(20)23)8-18-14-10(7-17)9-4-3-5-12(9)24-14/h8,22H,2-6H2,1H3,(H,19,21,23). The van der Waals surface area contributed by atoms with Crippen molar-refractivity contribution in [3.05, 3.63) is 36.7 Å². The summed E-state index contributed by atoms with van der Waals surface area (Å²) in [4.78, 5) is 20.1. The normalized spacial score (nSPS) is 13.3. The number of nitrogens with zero attached hydrogens (tertiary/aromatic N) is 3. The Balaban J connectivity index is 2.05. The Kier molecular flexibility index (Phi) is 4.64. The van der Waals surface area contributed by atoms with Crippen molar-refractivity contribution in [2.45, 2.75) is 39.2 Å². The largest absolute Gasteiger partial charge is 0.494 e. The summed E-state index contributed by atoms with van der Waals surface area (Å²) in [5, 5.41) is 20.3. The molecule has 2 heterocycles. The Labute approximate surface area is 147 Å². The number of nitriles is 1. The van der Waals surface area contributed by atoms with E-state index in [0.717, 1.165) is 31.2 Å². The number of thiophene rings is 1. The van der Waals surface area contributed by atoms with E-state index in [1.807, 2.05) is 6.92 Å². The van der Waals surface area contributed by atoms with Crippen LogP contribution < -0.4 is 5.56 Å². The molecule has 3 rings (SSSR count). The van der Waals surface area contributed by atoms with Crippen LogP contribution in [0.5, 0.6) is 5.88 Å². The molecule has 6 nitrogen and oxygen atoms in total. The highest BCUT2D eigenvalue weighted by Gasteiger charge is 2.21. The Morgan fingerprint density at radius 1 is 1.54 bits per heavy atom. The number of aromatic nitrogens is 2. The zero-order chi connectivity index (χ0) is 17.3. The quantitative estimate of drug-likeness (QED) is 0.647. The molecule has 0 bridgehead atoms. The molecule has 0 fully saturated rings. The number of aliphatic imine (C=N–C) groups is 1. The molecule has 0 unspecified atom stereocenters. The number of rotatable bonds is 4. The maximum atomic E-state index is 12.1. The lowest BCUT2D eigenvalue weighted by atomic mass is 10.1. The van der Waals surface area contributed by atoms with Gasteiger partial charge < -0.3 is 5.11 Å². The van der Waals surface area contributed by atoms with Crippen LogP contribution in [0, 0.1) is 16.1 Å². The zero-order valence-electron chi connectivity index (χ0n) is 13.1. The summed E-state index contributed by atoms with van der Waals surface area (Å²) in [6.45, 7) is 2.45. The third kappa shape index (κ3) is 2.81. The molecule has 0 spiro atoms. The predicted molar refractivity (Wildman–Crippen MR) is 96.2 cm³/mol. The first-order valence-electron chi connectivity index (χ1n) is 7.71. The van der Waals surface area contributed by atoms with E-state index < -0.39 is 5.56 Å². The van der Waals surface area contributed by atoms with Gasteiger partial charge in [-0.25, -0.2) is 4.99 Å². The highest BCUT2D eigenvalue weighted by molar-refractivity contribution is 7.71. The van der Waals surface area contributed by atoms with Crippen LogP contribution in [0.25, 0.3) is 0 Å². The summed E-state index contributed by atoms with van der Waals surface area (Å²) in [5.74, 6) is -0.197. The van der Waals surface area contributed by atoms with Gasteiger partial charge in [-0.2, -0.15) is 5.26 Å². The summed E-state index contributed by atoms with van der Waals surface area (Å²) in [7, 11) is 0. The fraction of sp³-hybridized carbons (Fsp3) is 0.375. The number of hydrogen-bond acceptors (Lipinski definition) is 6. The number of aryl methyl sites for hydroxylation is 1. The highest BCUT2D eigenvalue weighted by Crippen LogP contribution is 2.40. The van der Waals surface area contributed by atoms with Crippen molar-refractivity contribution in [2.24, 2.45) is 4.99 Å². The molecule has 0 saturated carbocycles. The van der Waals surface area contributed by atoms with Gasteiger partial charge in [-0.15, -0.1) is 11.3 Å². The Hall–Kier alpha value is -2.24. The van der Waals surface area contributed by atoms with Crippen molar-refractivity contribution in [3.8, 4) is 11.9 Å². The molecule has 2 aromatic heterocycles. The van der Waals surface area contributed by atoms with E-state index in [1.165, 1.54) is 27.0 Å². The molecule has 0 aliphatic heterocycles. The van der Waals surface area contributed by atoms with Crippen molar-refractivity contribution < 1.29 is 5.11 Å². The molecular weight excluding hydrogens is 344 g/mol. The van der Waals surface area contributed by atoms with Crippen LogP contribution >= 0.6 is 23.6 Å². The van der Waals surface area contributed by atoms with Gasteiger partial charge in [-0.1, -0.05) is 6.92 Å². The van der Waals surface area contributed by atoms with E-state index in [1.54, 1.807) is 0 Å². The molecule has 0 atom stereocenters. The lowest BCUT2D eigenvalue weighted by Gasteiger charge is -2.09. The van der Waals surface area contributed by atoms with Gasteiger partial charge in [-0.05, 0) is 43.5 Å². The SMILES string of the molecule is CCCn1c(O)c(C=Nc2sc3c(c2C#N)CCC3)c(=O)[nH]c1=S. The van der Waals surface area contributed by atoms with Gasteiger partial charge >= 0.3 is 0 Å². The molecular formula is C16H16N4O2S2. The minimum Gasteiger partial charge on any atom is -0.494 e. The van der Waals surface area contributed by atoms with E-state index >= 15 is 0 Å². The maximum Gasteiger partial charge on any atom is 0.264 e. The summed E-state index contributed by atoms with van der Waals surface area (Å²) in [6.07, 6.45) is 5.02. The first kappa shape index (κ1) is 16.6. The van der Waals surface area contributed by atoms with Crippen molar-refractivity contribution in [2.75, 3.05) is 0 Å². The van der Waals surface area contributed by atoms with E-state index in [-0.39, 0.29) is 16.2 Å². The molecule has 0 saturated heterocycles. The van der Waals surface area contributed by atoms with Gasteiger partial charge in [0.25, 0.3) is 5.56 Å². The van der Waals surface area contributed by atoms with E-state index in [2.05, 4.69) is 16.0 Å². The molecule has 0 aromatic carbocycles. The average molecular weight is 360 g/mol. The van der Waals surface area contributed by atoms with Crippen molar-refractivity contribution >= 4 is 34.8 Å². The van der Waals surface area contributed by atoms with E-state index in [9.17, 15) is 15.2 Å². The fourth-order valence-electron chi connectivity index (χ4n) is 2.84. The first-order valence-corrected chi connectivity index (χ1v) is 8.94. The monoisotopic (exact) mass is 360 g/mol. The van der Waals surface area contributed by atoms with Gasteiger partial charge in [0.1, 0.15) is 16.6 Å². The second kappa shape index (κ2) is 6.71. The van der Waals surface area contributed by atoms with Gasteiger partial charge in [0, 0.05) is 17.6 Å². The number of fused-ring (bicyclic) bond motifs is 1. The molecule has 8 heteroatoms. The summed E-state index contributed by atoms with van der Waals surface area (Å²) in [6, 6.07) is 2.21. The van der Waals surface area contributed by atoms with Gasteiger partial charge in [0.15, 0.2) is 4.77 Å². The molecule has 0 amide bonds. The van der Waals surface area contributed by atoms with Crippen molar-refractivity contribution in [3.63, 3.8) is 0 Å². The Bertz CT molecular complexity index is 976. The fourth-order valence-corrected chi connectivity index (χ4v) is 4.30. The Morgan fingerprint density at radius 2 is 2.33 bits per heavy atom. The molecule has 1 aliphatic carbocycles. The molecule has 124 valence electrons. The average Bonchev–Trinajstić information content (AvgIpc) is 3.11. The minimum atomic E-state index is -0.490. The molecule has 1 aliphatic rings. The zero-order valence-corrected chi connectivity index (χ0v) is 14.8. The predicted octanol–water partition coefficient (Wildman–Crippen LogP) is 3.19. The second-order valence-electron chi connectivity index (χ2n) is 5.56. The van der Waals surface area contributed by atoms with Crippen molar-refractivity contribution in [1.82, 2.24) is 9.55 Å². The number of aromatic amines is 1. The molecule has 24 heavy (non-hydrogen) atoms. The summed E-state index contributed by atoms with van der Waals surface area (Å²) in [5.41, 5.74) is 1.22. The molecule has 0 radical (unpaired) electrons. The van der Waals surface area contributed by atoms with Crippen molar-refractivity contribution in [1.29, 1.82) is 5.26 Å². The van der Waals surface area contributed by atoms with Crippen LogP contribution in [0.2, 0.25) is 0 Å². The smallest absolute Gasteiger partial charge is 0.264 e. The van der Waals surface area contributed by atoms with E-state index in [0.29, 0.717) is 17.1 Å². The minimum absolute atomic E-state index is 0.0505. The molecule has 2 N–H and O–H groups in total. The summed E-state index contributed by atoms with van der Waals surface area (Å²) < 4.78 is 1.65. The van der Waals surface area contributed by atoms with Crippen LogP contribution in [0.4, 0.5) is 5.00 Å². The topological polar surface area (TPSA) is 94.2 Å². The molecule has 2 aromatic rings.